The van der Waals surface area contributed by atoms with E-state index >= 15 is 0 Å². The number of aromatic nitrogens is 2. The lowest BCUT2D eigenvalue weighted by Crippen LogP contribution is -2.22. The second-order valence-electron chi connectivity index (χ2n) is 6.08. The van der Waals surface area contributed by atoms with E-state index in [4.69, 9.17) is 11.5 Å². The number of primary amides is 1. The zero-order valence-electron chi connectivity index (χ0n) is 15.7. The van der Waals surface area contributed by atoms with Gasteiger partial charge in [-0.1, -0.05) is 63.4 Å². The molecule has 1 aromatic heterocycles. The smallest absolute Gasteiger partial charge is 0.266 e. The lowest BCUT2D eigenvalue weighted by Gasteiger charge is -2.15. The summed E-state index contributed by atoms with van der Waals surface area (Å²) < 4.78 is 1.63. The van der Waals surface area contributed by atoms with Crippen LogP contribution < -0.4 is 11.5 Å². The van der Waals surface area contributed by atoms with Crippen LogP contribution in [0.5, 0.6) is 0 Å². The maximum absolute atomic E-state index is 11.2. The van der Waals surface area contributed by atoms with E-state index in [2.05, 4.69) is 5.10 Å². The minimum atomic E-state index is -0.448. The molecule has 1 aliphatic rings. The third kappa shape index (κ3) is 7.52. The molecular formula is C20H32N4O. The predicted octanol–water partition coefficient (Wildman–Crippen LogP) is 3.64. The number of carbonyl (C=O) groups excluding carboxylic acids is 1. The molecule has 138 valence electrons. The van der Waals surface area contributed by atoms with Crippen LogP contribution in [0, 0.1) is 6.92 Å². The molecule has 1 amide bonds. The number of hydrogen-bond donors (Lipinski definition) is 2. The minimum absolute atomic E-state index is 0.446. The van der Waals surface area contributed by atoms with Crippen LogP contribution in [-0.4, -0.2) is 21.7 Å². The van der Waals surface area contributed by atoms with Crippen molar-refractivity contribution in [1.82, 2.24) is 9.78 Å². The Morgan fingerprint density at radius 1 is 1.16 bits per heavy atom. The zero-order chi connectivity index (χ0) is 18.7. The molecule has 1 fully saturated rings. The summed E-state index contributed by atoms with van der Waals surface area (Å²) in [4.78, 5) is 11.2. The molecule has 1 aliphatic carbocycles. The van der Waals surface area contributed by atoms with Gasteiger partial charge in [0.05, 0.1) is 12.2 Å². The molecule has 5 nitrogen and oxygen atoms in total. The summed E-state index contributed by atoms with van der Waals surface area (Å²) in [6, 6.07) is 12.1. The lowest BCUT2D eigenvalue weighted by atomic mass is 9.97. The summed E-state index contributed by atoms with van der Waals surface area (Å²) in [5.41, 5.74) is 13.2. The second kappa shape index (κ2) is 11.4. The van der Waals surface area contributed by atoms with Gasteiger partial charge in [0, 0.05) is 6.04 Å². The summed E-state index contributed by atoms with van der Waals surface area (Å²) in [5.74, 6) is -0.448. The summed E-state index contributed by atoms with van der Waals surface area (Å²) in [5, 5.41) is 4.24. The van der Waals surface area contributed by atoms with Gasteiger partial charge in [0.2, 0.25) is 0 Å². The van der Waals surface area contributed by atoms with Gasteiger partial charge in [-0.05, 0) is 31.4 Å². The number of aryl methyl sites for hydroxylation is 1. The largest absolute Gasteiger partial charge is 0.364 e. The van der Waals surface area contributed by atoms with Gasteiger partial charge < -0.3 is 11.5 Å². The highest BCUT2D eigenvalue weighted by molar-refractivity contribution is 5.91. The predicted molar refractivity (Wildman–Crippen MR) is 103 cm³/mol. The van der Waals surface area contributed by atoms with Crippen molar-refractivity contribution < 1.29 is 4.79 Å². The van der Waals surface area contributed by atoms with Crippen LogP contribution in [0.4, 0.5) is 0 Å². The van der Waals surface area contributed by atoms with Crippen LogP contribution in [0.1, 0.15) is 67.7 Å². The quantitative estimate of drug-likeness (QED) is 0.891. The fourth-order valence-electron chi connectivity index (χ4n) is 2.75. The van der Waals surface area contributed by atoms with Gasteiger partial charge in [-0.3, -0.25) is 9.48 Å². The van der Waals surface area contributed by atoms with Crippen LogP contribution >= 0.6 is 0 Å². The fourth-order valence-corrected chi connectivity index (χ4v) is 2.75. The number of rotatable bonds is 3. The Bertz CT molecular complexity index is 616. The zero-order valence-corrected chi connectivity index (χ0v) is 15.7. The standard InChI is InChI=1S/C12H13N3O.C6H13N.C2H6/c1-9-7-11(12(13)16)15(14-9)8-10-5-3-2-4-6-10;7-6-4-2-1-3-5-6;1-2/h2-7H,8H2,1H3,(H2,13,16);6H,1-5,7H2;1-2H3. The van der Waals surface area contributed by atoms with Gasteiger partial charge in [0.25, 0.3) is 5.91 Å². The van der Waals surface area contributed by atoms with E-state index in [1.165, 1.54) is 32.1 Å². The van der Waals surface area contributed by atoms with E-state index in [-0.39, 0.29) is 0 Å². The number of benzene rings is 1. The van der Waals surface area contributed by atoms with Crippen molar-refractivity contribution >= 4 is 5.91 Å². The molecule has 4 N–H and O–H groups in total. The van der Waals surface area contributed by atoms with Gasteiger partial charge >= 0.3 is 0 Å². The first-order valence-corrected chi connectivity index (χ1v) is 9.20. The first-order valence-electron chi connectivity index (χ1n) is 9.20. The monoisotopic (exact) mass is 344 g/mol. The maximum atomic E-state index is 11.2. The highest BCUT2D eigenvalue weighted by Crippen LogP contribution is 2.14. The Balaban J connectivity index is 0.000000290. The van der Waals surface area contributed by atoms with Crippen molar-refractivity contribution in [2.24, 2.45) is 11.5 Å². The molecule has 0 radical (unpaired) electrons. The Hall–Kier alpha value is -2.14. The molecule has 0 bridgehead atoms. The molecule has 1 aromatic carbocycles. The van der Waals surface area contributed by atoms with E-state index in [1.54, 1.807) is 10.7 Å². The van der Waals surface area contributed by atoms with Crippen LogP contribution in [0.2, 0.25) is 0 Å². The number of carbonyl (C=O) groups is 1. The molecule has 0 unspecified atom stereocenters. The highest BCUT2D eigenvalue weighted by Gasteiger charge is 2.10. The molecule has 0 aliphatic heterocycles. The van der Waals surface area contributed by atoms with Crippen molar-refractivity contribution in [2.45, 2.75) is 65.5 Å². The molecule has 1 heterocycles. The third-order valence-electron chi connectivity index (χ3n) is 3.98. The van der Waals surface area contributed by atoms with Gasteiger partial charge in [-0.15, -0.1) is 0 Å². The van der Waals surface area contributed by atoms with Crippen LogP contribution in [0.3, 0.4) is 0 Å². The summed E-state index contributed by atoms with van der Waals surface area (Å²) in [7, 11) is 0. The molecule has 2 aromatic rings. The molecule has 5 heteroatoms. The maximum Gasteiger partial charge on any atom is 0.266 e. The molecular weight excluding hydrogens is 312 g/mol. The van der Waals surface area contributed by atoms with Gasteiger partial charge in [0.1, 0.15) is 5.69 Å². The summed E-state index contributed by atoms with van der Waals surface area (Å²) in [6.07, 6.45) is 6.66. The van der Waals surface area contributed by atoms with Gasteiger partial charge in [0.15, 0.2) is 0 Å². The third-order valence-corrected chi connectivity index (χ3v) is 3.98. The Kier molecular flexibility index (Phi) is 9.55. The van der Waals surface area contributed by atoms with E-state index in [9.17, 15) is 4.79 Å². The van der Waals surface area contributed by atoms with Crippen LogP contribution in [-0.2, 0) is 6.54 Å². The SMILES string of the molecule is CC.Cc1cc(C(N)=O)n(Cc2ccccc2)n1.NC1CCCCC1. The highest BCUT2D eigenvalue weighted by atomic mass is 16.1. The van der Waals surface area contributed by atoms with Crippen molar-refractivity contribution in [2.75, 3.05) is 0 Å². The molecule has 0 spiro atoms. The lowest BCUT2D eigenvalue weighted by molar-refractivity contribution is 0.0990. The normalized spacial score (nSPS) is 13.9. The topological polar surface area (TPSA) is 86.9 Å². The second-order valence-corrected chi connectivity index (χ2v) is 6.08. The van der Waals surface area contributed by atoms with Gasteiger partial charge in [-0.2, -0.15) is 5.10 Å². The van der Waals surface area contributed by atoms with Crippen molar-refractivity contribution in [3.05, 3.63) is 53.3 Å². The summed E-state index contributed by atoms with van der Waals surface area (Å²) >= 11 is 0. The summed E-state index contributed by atoms with van der Waals surface area (Å²) in [6.45, 7) is 6.40. The first-order chi connectivity index (χ1) is 12.1. The van der Waals surface area contributed by atoms with Crippen molar-refractivity contribution in [1.29, 1.82) is 0 Å². The minimum Gasteiger partial charge on any atom is -0.364 e. The van der Waals surface area contributed by atoms with Crippen LogP contribution in [0.25, 0.3) is 0 Å². The Morgan fingerprint density at radius 3 is 2.24 bits per heavy atom. The van der Waals surface area contributed by atoms with Gasteiger partial charge in [-0.25, -0.2) is 0 Å². The van der Waals surface area contributed by atoms with E-state index in [1.807, 2.05) is 51.1 Å². The molecule has 0 atom stereocenters. The Morgan fingerprint density at radius 2 is 1.76 bits per heavy atom. The number of nitrogens with zero attached hydrogens (tertiary/aromatic N) is 2. The Labute approximate surface area is 151 Å². The molecule has 3 rings (SSSR count). The number of hydrogen-bond acceptors (Lipinski definition) is 3. The number of nitrogens with two attached hydrogens (primary N) is 2. The molecule has 1 saturated carbocycles. The first kappa shape index (κ1) is 20.9. The van der Waals surface area contributed by atoms with Crippen molar-refractivity contribution in [3.8, 4) is 0 Å². The average molecular weight is 345 g/mol. The van der Waals surface area contributed by atoms with E-state index in [0.717, 1.165) is 11.3 Å². The van der Waals surface area contributed by atoms with E-state index < -0.39 is 5.91 Å². The molecule has 25 heavy (non-hydrogen) atoms. The van der Waals surface area contributed by atoms with E-state index in [0.29, 0.717) is 18.3 Å². The molecule has 0 saturated heterocycles. The van der Waals surface area contributed by atoms with Crippen molar-refractivity contribution in [3.63, 3.8) is 0 Å². The fraction of sp³-hybridized carbons (Fsp3) is 0.500. The number of amides is 1. The van der Waals surface area contributed by atoms with Crippen LogP contribution in [0.15, 0.2) is 36.4 Å². The average Bonchev–Trinajstić information content (AvgIpc) is 2.99.